The minimum Gasteiger partial charge on any atom is -0.355 e. The minimum absolute atomic E-state index is 1.04. The molecule has 1 aromatic rings. The summed E-state index contributed by atoms with van der Waals surface area (Å²) < 4.78 is 0. The molecule has 1 aromatic heterocycles. The van der Waals surface area contributed by atoms with Gasteiger partial charge in [0.25, 0.3) is 0 Å². The third-order valence-electron chi connectivity index (χ3n) is 2.73. The van der Waals surface area contributed by atoms with Crippen LogP contribution in [0.4, 0.5) is 0 Å². The highest BCUT2D eigenvalue weighted by atomic mass is 15.1. The van der Waals surface area contributed by atoms with E-state index in [1.54, 1.807) is 6.20 Å². The molecule has 0 spiro atoms. The maximum Gasteiger partial charge on any atom is 0.0343 e. The predicted molar refractivity (Wildman–Crippen MR) is 74.3 cm³/mol. The van der Waals surface area contributed by atoms with Crippen LogP contribution in [0.2, 0.25) is 0 Å². The van der Waals surface area contributed by atoms with Crippen LogP contribution in [0.15, 0.2) is 43.5 Å². The van der Waals surface area contributed by atoms with Crippen LogP contribution in [0.25, 0.3) is 5.57 Å². The molecule has 17 heavy (non-hydrogen) atoms. The third kappa shape index (κ3) is 4.85. The van der Waals surface area contributed by atoms with Crippen LogP contribution in [0.5, 0.6) is 0 Å². The van der Waals surface area contributed by atoms with Crippen LogP contribution in [-0.2, 0) is 0 Å². The lowest BCUT2D eigenvalue weighted by molar-refractivity contribution is 0.478. The van der Waals surface area contributed by atoms with E-state index in [0.29, 0.717) is 0 Å². The van der Waals surface area contributed by atoms with E-state index in [4.69, 9.17) is 0 Å². The Labute approximate surface area is 105 Å². The van der Waals surface area contributed by atoms with E-state index in [2.05, 4.69) is 42.6 Å². The SMILES string of the molecule is C=CN(/C=C(\C)c1cccnc1)CCCCC. The Hall–Kier alpha value is -1.57. The lowest BCUT2D eigenvalue weighted by Crippen LogP contribution is -2.11. The van der Waals surface area contributed by atoms with E-state index in [1.165, 1.54) is 24.8 Å². The van der Waals surface area contributed by atoms with Gasteiger partial charge in [-0.1, -0.05) is 32.4 Å². The molecule has 0 aliphatic rings. The Morgan fingerprint density at radius 3 is 2.88 bits per heavy atom. The Morgan fingerprint density at radius 2 is 2.29 bits per heavy atom. The third-order valence-corrected chi connectivity index (χ3v) is 2.73. The molecule has 0 fully saturated rings. The van der Waals surface area contributed by atoms with Gasteiger partial charge in [0.15, 0.2) is 0 Å². The molecule has 0 aromatic carbocycles. The smallest absolute Gasteiger partial charge is 0.0343 e. The van der Waals surface area contributed by atoms with Crippen LogP contribution in [0.3, 0.4) is 0 Å². The molecule has 0 amide bonds. The Bertz CT molecular complexity index is 354. The maximum absolute atomic E-state index is 4.13. The molecule has 0 aliphatic heterocycles. The van der Waals surface area contributed by atoms with Crippen molar-refractivity contribution in [1.29, 1.82) is 0 Å². The topological polar surface area (TPSA) is 16.1 Å². The number of rotatable bonds is 7. The van der Waals surface area contributed by atoms with Crippen molar-refractivity contribution in [1.82, 2.24) is 9.88 Å². The monoisotopic (exact) mass is 230 g/mol. The van der Waals surface area contributed by atoms with Crippen molar-refractivity contribution in [3.63, 3.8) is 0 Å². The van der Waals surface area contributed by atoms with Crippen molar-refractivity contribution < 1.29 is 0 Å². The summed E-state index contributed by atoms with van der Waals surface area (Å²) in [7, 11) is 0. The van der Waals surface area contributed by atoms with E-state index in [1.807, 2.05) is 18.5 Å². The van der Waals surface area contributed by atoms with Gasteiger partial charge in [0, 0.05) is 25.1 Å². The lowest BCUT2D eigenvalue weighted by Gasteiger charge is -2.16. The number of pyridine rings is 1. The van der Waals surface area contributed by atoms with E-state index >= 15 is 0 Å². The molecule has 1 heterocycles. The first-order chi connectivity index (χ1) is 8.27. The first-order valence-corrected chi connectivity index (χ1v) is 6.25. The van der Waals surface area contributed by atoms with Gasteiger partial charge in [0.2, 0.25) is 0 Å². The molecular weight excluding hydrogens is 208 g/mol. The molecule has 0 N–H and O–H groups in total. The fraction of sp³-hybridized carbons (Fsp3) is 0.400. The maximum atomic E-state index is 4.13. The largest absolute Gasteiger partial charge is 0.355 e. The summed E-state index contributed by atoms with van der Waals surface area (Å²) in [6.45, 7) is 9.21. The van der Waals surface area contributed by atoms with Crippen LogP contribution in [0.1, 0.15) is 38.7 Å². The molecule has 0 saturated heterocycles. The molecule has 0 atom stereocenters. The highest BCUT2D eigenvalue weighted by Gasteiger charge is 1.98. The zero-order chi connectivity index (χ0) is 12.5. The first-order valence-electron chi connectivity index (χ1n) is 6.25. The fourth-order valence-electron chi connectivity index (χ4n) is 1.67. The quantitative estimate of drug-likeness (QED) is 0.656. The number of hydrogen-bond acceptors (Lipinski definition) is 2. The normalized spacial score (nSPS) is 11.3. The average molecular weight is 230 g/mol. The second kappa shape index (κ2) is 7.66. The number of hydrogen-bond donors (Lipinski definition) is 0. The van der Waals surface area contributed by atoms with Gasteiger partial charge in [-0.15, -0.1) is 0 Å². The van der Waals surface area contributed by atoms with Crippen LogP contribution < -0.4 is 0 Å². The number of nitrogens with zero attached hydrogens (tertiary/aromatic N) is 2. The summed E-state index contributed by atoms with van der Waals surface area (Å²) >= 11 is 0. The number of allylic oxidation sites excluding steroid dienone is 1. The van der Waals surface area contributed by atoms with Gasteiger partial charge in [-0.2, -0.15) is 0 Å². The summed E-state index contributed by atoms with van der Waals surface area (Å²) in [6.07, 6.45) is 11.4. The molecule has 0 bridgehead atoms. The predicted octanol–water partition coefficient (Wildman–Crippen LogP) is 4.08. The molecule has 2 heteroatoms. The summed E-state index contributed by atoms with van der Waals surface area (Å²) in [4.78, 5) is 6.28. The Kier molecular flexibility index (Phi) is 6.08. The number of aromatic nitrogens is 1. The highest BCUT2D eigenvalue weighted by molar-refractivity contribution is 5.62. The summed E-state index contributed by atoms with van der Waals surface area (Å²) in [5.41, 5.74) is 2.38. The van der Waals surface area contributed by atoms with Gasteiger partial charge in [0.1, 0.15) is 0 Å². The zero-order valence-corrected chi connectivity index (χ0v) is 10.9. The molecule has 0 radical (unpaired) electrons. The molecule has 1 rings (SSSR count). The van der Waals surface area contributed by atoms with Gasteiger partial charge >= 0.3 is 0 Å². The lowest BCUT2D eigenvalue weighted by atomic mass is 10.1. The zero-order valence-electron chi connectivity index (χ0n) is 10.9. The van der Waals surface area contributed by atoms with E-state index in [-0.39, 0.29) is 0 Å². The van der Waals surface area contributed by atoms with Crippen molar-refractivity contribution in [3.05, 3.63) is 49.1 Å². The van der Waals surface area contributed by atoms with Gasteiger partial charge < -0.3 is 4.90 Å². The standard InChI is InChI=1S/C15H22N2/c1-4-6-7-11-17(5-2)13-14(3)15-9-8-10-16-12-15/h5,8-10,12-13H,2,4,6-7,11H2,1,3H3/b14-13+. The second-order valence-electron chi connectivity index (χ2n) is 4.18. The van der Waals surface area contributed by atoms with E-state index < -0.39 is 0 Å². The van der Waals surface area contributed by atoms with Crippen molar-refractivity contribution in [2.75, 3.05) is 6.54 Å². The van der Waals surface area contributed by atoms with Gasteiger partial charge in [-0.05, 0) is 36.7 Å². The van der Waals surface area contributed by atoms with E-state index in [9.17, 15) is 0 Å². The first kappa shape index (κ1) is 13.5. The Balaban J connectivity index is 2.61. The molecule has 0 aliphatic carbocycles. The van der Waals surface area contributed by atoms with Crippen molar-refractivity contribution in [2.45, 2.75) is 33.1 Å². The molecule has 92 valence electrons. The summed E-state index contributed by atoms with van der Waals surface area (Å²) in [5, 5.41) is 0. The van der Waals surface area contributed by atoms with Crippen LogP contribution in [-0.4, -0.2) is 16.4 Å². The summed E-state index contributed by atoms with van der Waals surface area (Å²) in [6, 6.07) is 4.04. The molecule has 0 saturated carbocycles. The Morgan fingerprint density at radius 1 is 1.47 bits per heavy atom. The fourth-order valence-corrected chi connectivity index (χ4v) is 1.67. The molecule has 2 nitrogen and oxygen atoms in total. The molecular formula is C15H22N2. The van der Waals surface area contributed by atoms with E-state index in [0.717, 1.165) is 12.1 Å². The van der Waals surface area contributed by atoms with Gasteiger partial charge in [-0.25, -0.2) is 0 Å². The molecule has 0 unspecified atom stereocenters. The average Bonchev–Trinajstić information content (AvgIpc) is 2.38. The van der Waals surface area contributed by atoms with Gasteiger partial charge in [0.05, 0.1) is 0 Å². The van der Waals surface area contributed by atoms with Crippen LogP contribution >= 0.6 is 0 Å². The second-order valence-corrected chi connectivity index (χ2v) is 4.18. The summed E-state index contributed by atoms with van der Waals surface area (Å²) in [5.74, 6) is 0. The van der Waals surface area contributed by atoms with Crippen molar-refractivity contribution >= 4 is 5.57 Å². The van der Waals surface area contributed by atoms with Crippen LogP contribution in [0, 0.1) is 0 Å². The minimum atomic E-state index is 1.04. The van der Waals surface area contributed by atoms with Gasteiger partial charge in [-0.3, -0.25) is 4.98 Å². The highest BCUT2D eigenvalue weighted by Crippen LogP contribution is 2.13. The van der Waals surface area contributed by atoms with Crippen molar-refractivity contribution in [3.8, 4) is 0 Å². The van der Waals surface area contributed by atoms with Crippen molar-refractivity contribution in [2.24, 2.45) is 0 Å². The number of unbranched alkanes of at least 4 members (excludes halogenated alkanes) is 2.